The fourth-order valence-corrected chi connectivity index (χ4v) is 5.20. The second-order valence-corrected chi connectivity index (χ2v) is 9.80. The zero-order valence-electron chi connectivity index (χ0n) is 21.8. The minimum Gasteiger partial charge on any atom is -0.496 e. The van der Waals surface area contributed by atoms with Crippen LogP contribution in [-0.4, -0.2) is 58.1 Å². The lowest BCUT2D eigenvalue weighted by Crippen LogP contribution is -2.42. The van der Waals surface area contributed by atoms with Gasteiger partial charge in [-0.15, -0.1) is 0 Å². The third-order valence-corrected chi connectivity index (χ3v) is 7.27. The number of aromatic nitrogens is 2. The molecule has 198 valence electrons. The third kappa shape index (κ3) is 6.15. The topological polar surface area (TPSA) is 91.1 Å². The highest BCUT2D eigenvalue weighted by atomic mass is 16.5. The first-order chi connectivity index (χ1) is 18.6. The van der Waals surface area contributed by atoms with E-state index < -0.39 is 5.97 Å². The number of rotatable bonds is 11. The van der Waals surface area contributed by atoms with E-state index in [0.717, 1.165) is 56.8 Å². The van der Waals surface area contributed by atoms with Gasteiger partial charge in [0.15, 0.2) is 5.69 Å². The number of imidazole rings is 1. The number of carbonyl (C=O) groups is 1. The lowest BCUT2D eigenvalue weighted by molar-refractivity contribution is 0.0690. The smallest absolute Gasteiger partial charge is 0.355 e. The molecule has 1 fully saturated rings. The van der Waals surface area contributed by atoms with E-state index in [9.17, 15) is 9.90 Å². The molecule has 8 heteroatoms. The molecule has 0 bridgehead atoms. The van der Waals surface area contributed by atoms with Gasteiger partial charge in [0.2, 0.25) is 0 Å². The summed E-state index contributed by atoms with van der Waals surface area (Å²) >= 11 is 0. The highest BCUT2D eigenvalue weighted by Gasteiger charge is 2.20. The van der Waals surface area contributed by atoms with Crippen LogP contribution in [0.25, 0.3) is 5.65 Å². The second kappa shape index (κ2) is 12.1. The summed E-state index contributed by atoms with van der Waals surface area (Å²) in [7, 11) is 1.68. The lowest BCUT2D eigenvalue weighted by atomic mass is 10.0. The Bertz CT molecular complexity index is 1360. The van der Waals surface area contributed by atoms with E-state index in [1.54, 1.807) is 36.0 Å². The summed E-state index contributed by atoms with van der Waals surface area (Å²) in [6, 6.07) is 21.1. The van der Waals surface area contributed by atoms with Gasteiger partial charge in [0.05, 0.1) is 12.8 Å². The Morgan fingerprint density at radius 1 is 1.08 bits per heavy atom. The number of pyridine rings is 1. The molecule has 0 spiro atoms. The van der Waals surface area contributed by atoms with Gasteiger partial charge in [-0.05, 0) is 68.2 Å². The molecule has 3 N–H and O–H groups in total. The molecule has 1 aliphatic heterocycles. The van der Waals surface area contributed by atoms with Crippen LogP contribution in [0.3, 0.4) is 0 Å². The van der Waals surface area contributed by atoms with Gasteiger partial charge in [0, 0.05) is 37.1 Å². The number of hydrogen-bond donors (Lipinski definition) is 3. The van der Waals surface area contributed by atoms with Crippen molar-refractivity contribution >= 4 is 17.3 Å². The monoisotopic (exact) mass is 513 g/mol. The maximum Gasteiger partial charge on any atom is 0.355 e. The zero-order chi connectivity index (χ0) is 26.3. The predicted octanol–water partition coefficient (Wildman–Crippen LogP) is 4.45. The first-order valence-electron chi connectivity index (χ1n) is 13.2. The minimum atomic E-state index is -1.01. The van der Waals surface area contributed by atoms with E-state index in [4.69, 9.17) is 4.74 Å². The zero-order valence-corrected chi connectivity index (χ0v) is 21.8. The van der Waals surface area contributed by atoms with Crippen molar-refractivity contribution in [2.45, 2.75) is 38.4 Å². The molecule has 8 nitrogen and oxygen atoms in total. The Morgan fingerprint density at radius 2 is 1.89 bits per heavy atom. The third-order valence-electron chi connectivity index (χ3n) is 7.27. The number of methoxy groups -OCH3 is 1. The first kappa shape index (κ1) is 25.8. The van der Waals surface area contributed by atoms with Crippen LogP contribution >= 0.6 is 0 Å². The molecular formula is C30H35N5O3. The van der Waals surface area contributed by atoms with E-state index in [-0.39, 0.29) is 5.69 Å². The van der Waals surface area contributed by atoms with E-state index in [0.29, 0.717) is 23.9 Å². The molecule has 4 aromatic rings. The van der Waals surface area contributed by atoms with Crippen molar-refractivity contribution in [1.82, 2.24) is 19.6 Å². The molecule has 38 heavy (non-hydrogen) atoms. The summed E-state index contributed by atoms with van der Waals surface area (Å²) in [5.41, 5.74) is 4.86. The van der Waals surface area contributed by atoms with Crippen molar-refractivity contribution in [3.8, 4) is 5.75 Å². The Balaban J connectivity index is 1.14. The number of fused-ring (bicyclic) bond motifs is 1. The van der Waals surface area contributed by atoms with Gasteiger partial charge >= 0.3 is 5.97 Å². The molecule has 1 aliphatic rings. The molecule has 0 unspecified atom stereocenters. The van der Waals surface area contributed by atoms with E-state index >= 15 is 0 Å². The largest absolute Gasteiger partial charge is 0.496 e. The van der Waals surface area contributed by atoms with Crippen LogP contribution in [0.1, 0.15) is 40.0 Å². The number of likely N-dealkylation sites (tertiary alicyclic amines) is 1. The average molecular weight is 514 g/mol. The van der Waals surface area contributed by atoms with Crippen LogP contribution in [0.15, 0.2) is 73.1 Å². The molecule has 0 radical (unpaired) electrons. The normalized spacial score (nSPS) is 14.6. The molecule has 0 saturated carbocycles. The maximum absolute atomic E-state index is 11.9. The molecule has 0 amide bonds. The fraction of sp³-hybridized carbons (Fsp3) is 0.333. The molecule has 5 rings (SSSR count). The first-order valence-corrected chi connectivity index (χ1v) is 13.2. The Hall–Kier alpha value is -3.88. The molecule has 2 aromatic heterocycles. The van der Waals surface area contributed by atoms with Gasteiger partial charge in [-0.3, -0.25) is 9.30 Å². The number of piperidine rings is 1. The van der Waals surface area contributed by atoms with E-state index in [2.05, 4.69) is 69.0 Å². The number of carboxylic acid groups (broad SMARTS) is 1. The number of ether oxygens (including phenoxy) is 1. The number of anilines is 1. The van der Waals surface area contributed by atoms with Crippen LogP contribution in [0.4, 0.5) is 5.69 Å². The van der Waals surface area contributed by atoms with Crippen molar-refractivity contribution in [1.29, 1.82) is 0 Å². The number of nitrogens with zero attached hydrogens (tertiary/aromatic N) is 3. The lowest BCUT2D eigenvalue weighted by Gasteiger charge is -2.32. The van der Waals surface area contributed by atoms with Gasteiger partial charge in [-0.1, -0.05) is 42.5 Å². The second-order valence-electron chi connectivity index (χ2n) is 9.80. The quantitative estimate of drug-likeness (QED) is 0.273. The summed E-state index contributed by atoms with van der Waals surface area (Å²) in [5, 5.41) is 16.8. The number of nitrogens with one attached hydrogen (secondary N) is 2. The number of hydrogen-bond acceptors (Lipinski definition) is 6. The van der Waals surface area contributed by atoms with Crippen molar-refractivity contribution in [3.63, 3.8) is 0 Å². The van der Waals surface area contributed by atoms with Gasteiger partial charge < -0.3 is 20.5 Å². The van der Waals surface area contributed by atoms with Crippen molar-refractivity contribution in [3.05, 3.63) is 95.4 Å². The van der Waals surface area contributed by atoms with Crippen LogP contribution in [0, 0.1) is 0 Å². The molecule has 3 heterocycles. The van der Waals surface area contributed by atoms with Gasteiger partial charge in [0.25, 0.3) is 0 Å². The molecule has 2 aromatic carbocycles. The van der Waals surface area contributed by atoms with Gasteiger partial charge in [-0.25, -0.2) is 9.78 Å². The number of aromatic carboxylic acids is 1. The SMILES string of the molecule is COc1cc(CN2CCC(NCCc3ccccc3)CC2)ccc1CNc1ccc2nccn2c1C(=O)O. The van der Waals surface area contributed by atoms with Crippen LogP contribution in [-0.2, 0) is 19.5 Å². The van der Waals surface area contributed by atoms with Crippen LogP contribution in [0.5, 0.6) is 5.75 Å². The highest BCUT2D eigenvalue weighted by molar-refractivity contribution is 5.93. The fourth-order valence-electron chi connectivity index (χ4n) is 5.20. The Morgan fingerprint density at radius 3 is 2.66 bits per heavy atom. The summed E-state index contributed by atoms with van der Waals surface area (Å²) < 4.78 is 7.27. The minimum absolute atomic E-state index is 0.161. The van der Waals surface area contributed by atoms with Crippen molar-refractivity contribution in [2.75, 3.05) is 32.1 Å². The van der Waals surface area contributed by atoms with Crippen molar-refractivity contribution in [2.24, 2.45) is 0 Å². The van der Waals surface area contributed by atoms with E-state index in [1.807, 2.05) is 0 Å². The highest BCUT2D eigenvalue weighted by Crippen LogP contribution is 2.25. The predicted molar refractivity (Wildman–Crippen MR) is 149 cm³/mol. The van der Waals surface area contributed by atoms with E-state index in [1.165, 1.54) is 11.1 Å². The summed E-state index contributed by atoms with van der Waals surface area (Å²) in [5.74, 6) is -0.207. The number of benzene rings is 2. The van der Waals surface area contributed by atoms with Crippen molar-refractivity contribution < 1.29 is 14.6 Å². The summed E-state index contributed by atoms with van der Waals surface area (Å²) in [6.45, 7) is 4.50. The molecule has 0 aliphatic carbocycles. The summed E-state index contributed by atoms with van der Waals surface area (Å²) in [6.07, 6.45) is 6.63. The maximum atomic E-state index is 11.9. The molecule has 1 saturated heterocycles. The summed E-state index contributed by atoms with van der Waals surface area (Å²) in [4.78, 5) is 18.6. The van der Waals surface area contributed by atoms with Gasteiger partial charge in [-0.2, -0.15) is 0 Å². The standard InChI is InChI=1S/C30H35N5O3/c1-38-27-19-23(21-34-16-12-25(13-17-34)31-14-11-22-5-3-2-4-6-22)7-8-24(27)20-33-26-9-10-28-32-15-18-35(28)29(26)30(36)37/h2-10,15,18-19,25,31,33H,11-14,16-17,20-21H2,1H3,(H,36,37). The average Bonchev–Trinajstić information content (AvgIpc) is 3.42. The molecule has 0 atom stereocenters. The Labute approximate surface area is 223 Å². The van der Waals surface area contributed by atoms with Crippen LogP contribution in [0.2, 0.25) is 0 Å². The molecular weight excluding hydrogens is 478 g/mol. The van der Waals surface area contributed by atoms with Gasteiger partial charge in [0.1, 0.15) is 11.4 Å². The van der Waals surface area contributed by atoms with Crippen LogP contribution < -0.4 is 15.4 Å². The number of carboxylic acids is 1. The Kier molecular flexibility index (Phi) is 8.21.